The van der Waals surface area contributed by atoms with E-state index in [0.717, 1.165) is 12.8 Å². The van der Waals surface area contributed by atoms with Gasteiger partial charge in [-0.05, 0) is 25.7 Å². The lowest BCUT2D eigenvalue weighted by Gasteiger charge is -2.15. The Morgan fingerprint density at radius 3 is 2.60 bits per heavy atom. The van der Waals surface area contributed by atoms with Crippen molar-refractivity contribution in [1.82, 2.24) is 5.32 Å². The zero-order valence-electron chi connectivity index (χ0n) is 9.32. The molecule has 4 nitrogen and oxygen atoms in total. The van der Waals surface area contributed by atoms with Gasteiger partial charge in [0.2, 0.25) is 5.91 Å². The Kier molecular flexibility index (Phi) is 4.12. The van der Waals surface area contributed by atoms with Crippen molar-refractivity contribution in [2.45, 2.75) is 45.6 Å². The minimum absolute atomic E-state index is 0.0221. The molecule has 1 amide bonds. The Labute approximate surface area is 90.0 Å². The van der Waals surface area contributed by atoms with Crippen LogP contribution in [0.1, 0.15) is 39.5 Å². The van der Waals surface area contributed by atoms with Crippen LogP contribution < -0.4 is 5.32 Å². The molecule has 0 radical (unpaired) electrons. The number of amides is 1. The lowest BCUT2D eigenvalue weighted by molar-refractivity contribution is -0.141. The molecule has 0 aromatic carbocycles. The molecule has 0 spiro atoms. The van der Waals surface area contributed by atoms with Crippen LogP contribution in [-0.4, -0.2) is 23.0 Å². The van der Waals surface area contributed by atoms with Gasteiger partial charge in [-0.25, -0.2) is 0 Å². The lowest BCUT2D eigenvalue weighted by Crippen LogP contribution is -2.36. The molecule has 0 bridgehead atoms. The number of carbonyl (C=O) groups is 2. The summed E-state index contributed by atoms with van der Waals surface area (Å²) in [6, 6.07) is 0.0626. The van der Waals surface area contributed by atoms with Gasteiger partial charge in [-0.1, -0.05) is 13.8 Å². The van der Waals surface area contributed by atoms with E-state index >= 15 is 0 Å². The molecule has 0 aromatic rings. The first-order valence-corrected chi connectivity index (χ1v) is 5.57. The van der Waals surface area contributed by atoms with E-state index in [4.69, 9.17) is 5.11 Å². The van der Waals surface area contributed by atoms with Gasteiger partial charge in [-0.3, -0.25) is 9.59 Å². The number of hydrogen-bond acceptors (Lipinski definition) is 2. The number of carboxylic acid groups (broad SMARTS) is 1. The molecular formula is C11H19NO3. The predicted molar refractivity (Wildman–Crippen MR) is 56.4 cm³/mol. The molecule has 4 heteroatoms. The topological polar surface area (TPSA) is 66.4 Å². The van der Waals surface area contributed by atoms with E-state index in [1.165, 1.54) is 0 Å². The molecule has 1 saturated carbocycles. The maximum absolute atomic E-state index is 11.5. The van der Waals surface area contributed by atoms with E-state index in [1.54, 1.807) is 0 Å². The summed E-state index contributed by atoms with van der Waals surface area (Å²) in [5, 5.41) is 11.7. The van der Waals surface area contributed by atoms with Gasteiger partial charge in [0.25, 0.3) is 0 Å². The largest absolute Gasteiger partial charge is 0.481 e. The maximum Gasteiger partial charge on any atom is 0.306 e. The molecule has 86 valence electrons. The number of hydrogen-bond donors (Lipinski definition) is 2. The smallest absolute Gasteiger partial charge is 0.306 e. The Morgan fingerprint density at radius 2 is 2.13 bits per heavy atom. The summed E-state index contributed by atoms with van der Waals surface area (Å²) in [6.45, 7) is 3.86. The summed E-state index contributed by atoms with van der Waals surface area (Å²) in [7, 11) is 0. The zero-order valence-corrected chi connectivity index (χ0v) is 9.32. The quantitative estimate of drug-likeness (QED) is 0.741. The summed E-state index contributed by atoms with van der Waals surface area (Å²) < 4.78 is 0. The van der Waals surface area contributed by atoms with E-state index in [2.05, 4.69) is 5.32 Å². The average molecular weight is 213 g/mol. The van der Waals surface area contributed by atoms with Crippen LogP contribution in [0.4, 0.5) is 0 Å². The second-order valence-electron chi connectivity index (χ2n) is 4.36. The highest BCUT2D eigenvalue weighted by atomic mass is 16.4. The molecule has 15 heavy (non-hydrogen) atoms. The monoisotopic (exact) mass is 213 g/mol. The van der Waals surface area contributed by atoms with Crippen LogP contribution >= 0.6 is 0 Å². The summed E-state index contributed by atoms with van der Waals surface area (Å²) in [5.74, 6) is -0.940. The van der Waals surface area contributed by atoms with Gasteiger partial charge < -0.3 is 10.4 Å². The van der Waals surface area contributed by atoms with Crippen LogP contribution in [0.2, 0.25) is 0 Å². The fraction of sp³-hybridized carbons (Fsp3) is 0.818. The summed E-state index contributed by atoms with van der Waals surface area (Å²) in [4.78, 5) is 22.3. The normalized spacial score (nSPS) is 27.3. The van der Waals surface area contributed by atoms with Crippen molar-refractivity contribution in [3.63, 3.8) is 0 Å². The predicted octanol–water partition coefficient (Wildman–Crippen LogP) is 1.40. The maximum atomic E-state index is 11.5. The average Bonchev–Trinajstić information content (AvgIpc) is 2.65. The summed E-state index contributed by atoms with van der Waals surface area (Å²) in [5.41, 5.74) is 0. The highest BCUT2D eigenvalue weighted by molar-refractivity contribution is 5.78. The fourth-order valence-electron chi connectivity index (χ4n) is 1.87. The third-order valence-corrected chi connectivity index (χ3v) is 3.19. The second-order valence-corrected chi connectivity index (χ2v) is 4.36. The van der Waals surface area contributed by atoms with Crippen molar-refractivity contribution < 1.29 is 14.7 Å². The second kappa shape index (κ2) is 5.14. The van der Waals surface area contributed by atoms with Gasteiger partial charge in [0.15, 0.2) is 0 Å². The van der Waals surface area contributed by atoms with Gasteiger partial charge in [0, 0.05) is 12.0 Å². The van der Waals surface area contributed by atoms with Crippen molar-refractivity contribution in [3.05, 3.63) is 0 Å². The van der Waals surface area contributed by atoms with Gasteiger partial charge in [0.05, 0.1) is 5.92 Å². The standard InChI is InChI=1S/C11H19NO3/c1-3-7(2)10(13)12-9-5-4-8(6-9)11(14)15/h7-9H,3-6H2,1-2H3,(H,12,13)(H,14,15)/t7?,8-,9+/m0/s1. The van der Waals surface area contributed by atoms with E-state index in [9.17, 15) is 9.59 Å². The molecule has 0 aromatic heterocycles. The molecular weight excluding hydrogens is 194 g/mol. The fourth-order valence-corrected chi connectivity index (χ4v) is 1.87. The lowest BCUT2D eigenvalue weighted by atomic mass is 10.1. The first kappa shape index (κ1) is 12.0. The zero-order chi connectivity index (χ0) is 11.4. The Morgan fingerprint density at radius 1 is 1.47 bits per heavy atom. The number of aliphatic carboxylic acids is 1. The Balaban J connectivity index is 2.36. The van der Waals surface area contributed by atoms with Crippen molar-refractivity contribution in [2.24, 2.45) is 11.8 Å². The SMILES string of the molecule is CCC(C)C(=O)N[C@@H]1CC[C@H](C(=O)O)C1. The van der Waals surface area contributed by atoms with Crippen molar-refractivity contribution in [1.29, 1.82) is 0 Å². The van der Waals surface area contributed by atoms with Gasteiger partial charge in [0.1, 0.15) is 0 Å². The van der Waals surface area contributed by atoms with Gasteiger partial charge in [-0.15, -0.1) is 0 Å². The van der Waals surface area contributed by atoms with Crippen LogP contribution in [0.3, 0.4) is 0 Å². The number of rotatable bonds is 4. The van der Waals surface area contributed by atoms with Crippen molar-refractivity contribution in [2.75, 3.05) is 0 Å². The molecule has 0 heterocycles. The first-order valence-electron chi connectivity index (χ1n) is 5.57. The Bertz CT molecular complexity index is 252. The van der Waals surface area contributed by atoms with E-state index in [-0.39, 0.29) is 23.8 Å². The van der Waals surface area contributed by atoms with Crippen LogP contribution in [0, 0.1) is 11.8 Å². The molecule has 1 fully saturated rings. The Hall–Kier alpha value is -1.06. The van der Waals surface area contributed by atoms with E-state index in [0.29, 0.717) is 12.8 Å². The minimum atomic E-state index is -0.740. The van der Waals surface area contributed by atoms with Gasteiger partial charge >= 0.3 is 5.97 Å². The molecule has 0 aliphatic heterocycles. The minimum Gasteiger partial charge on any atom is -0.481 e. The number of carbonyl (C=O) groups excluding carboxylic acids is 1. The molecule has 1 aliphatic rings. The summed E-state index contributed by atoms with van der Waals surface area (Å²) in [6.07, 6.45) is 2.87. The molecule has 1 rings (SSSR count). The highest BCUT2D eigenvalue weighted by Gasteiger charge is 2.30. The number of carboxylic acids is 1. The summed E-state index contributed by atoms with van der Waals surface area (Å²) >= 11 is 0. The van der Waals surface area contributed by atoms with E-state index in [1.807, 2.05) is 13.8 Å². The van der Waals surface area contributed by atoms with Crippen LogP contribution in [-0.2, 0) is 9.59 Å². The first-order chi connectivity index (χ1) is 7.04. The van der Waals surface area contributed by atoms with Gasteiger partial charge in [-0.2, -0.15) is 0 Å². The highest BCUT2D eigenvalue weighted by Crippen LogP contribution is 2.25. The third-order valence-electron chi connectivity index (χ3n) is 3.19. The molecule has 1 aliphatic carbocycles. The molecule has 0 saturated heterocycles. The van der Waals surface area contributed by atoms with Crippen molar-refractivity contribution in [3.8, 4) is 0 Å². The molecule has 3 atom stereocenters. The van der Waals surface area contributed by atoms with Crippen molar-refractivity contribution >= 4 is 11.9 Å². The molecule has 2 N–H and O–H groups in total. The van der Waals surface area contributed by atoms with Crippen LogP contribution in [0.25, 0.3) is 0 Å². The van der Waals surface area contributed by atoms with Crippen LogP contribution in [0.5, 0.6) is 0 Å². The van der Waals surface area contributed by atoms with Crippen LogP contribution in [0.15, 0.2) is 0 Å². The third kappa shape index (κ3) is 3.22. The molecule has 1 unspecified atom stereocenters. The number of nitrogens with one attached hydrogen (secondary N) is 1. The van der Waals surface area contributed by atoms with E-state index < -0.39 is 5.97 Å².